The molecule has 0 bridgehead atoms. The number of alkyl halides is 3. The molecule has 1 amide bonds. The summed E-state index contributed by atoms with van der Waals surface area (Å²) in [7, 11) is -4.85. The monoisotopic (exact) mass is 674 g/mol. The molecule has 0 atom stereocenters. The Kier molecular flexibility index (Phi) is 9.37. The second-order valence-corrected chi connectivity index (χ2v) is 13.0. The van der Waals surface area contributed by atoms with E-state index in [0.29, 0.717) is 66.6 Å². The lowest BCUT2D eigenvalue weighted by Gasteiger charge is -2.31. The van der Waals surface area contributed by atoms with Crippen molar-refractivity contribution in [3.8, 4) is 17.1 Å². The first kappa shape index (κ1) is 32.6. The van der Waals surface area contributed by atoms with Crippen LogP contribution in [0.5, 0.6) is 5.75 Å². The molecule has 1 aliphatic carbocycles. The van der Waals surface area contributed by atoms with Crippen LogP contribution in [0.15, 0.2) is 40.9 Å². The molecule has 0 unspecified atom stereocenters. The Morgan fingerprint density at radius 1 is 1.13 bits per heavy atom. The largest absolute Gasteiger partial charge is 0.493 e. The Hall–Kier alpha value is -3.76. The number of benzene rings is 2. The highest BCUT2D eigenvalue weighted by molar-refractivity contribution is 7.88. The summed E-state index contributed by atoms with van der Waals surface area (Å²) >= 11 is 6.22. The van der Waals surface area contributed by atoms with Gasteiger partial charge in [-0.1, -0.05) is 33.4 Å². The highest BCUT2D eigenvalue weighted by Crippen LogP contribution is 2.45. The minimum atomic E-state index is -5.59. The van der Waals surface area contributed by atoms with E-state index >= 15 is 4.39 Å². The summed E-state index contributed by atoms with van der Waals surface area (Å²) in [5.74, 6) is -5.00. The molecule has 242 valence electrons. The summed E-state index contributed by atoms with van der Waals surface area (Å²) in [5.41, 5.74) is 0.192. The second kappa shape index (κ2) is 12.9. The van der Waals surface area contributed by atoms with Gasteiger partial charge >= 0.3 is 18.1 Å². The van der Waals surface area contributed by atoms with Crippen LogP contribution < -0.4 is 4.74 Å². The number of ether oxygens (including phenoxy) is 1. The molecule has 1 aliphatic heterocycles. The van der Waals surface area contributed by atoms with Crippen LogP contribution >= 0.6 is 11.6 Å². The van der Waals surface area contributed by atoms with E-state index in [9.17, 15) is 31.2 Å². The van der Waals surface area contributed by atoms with Crippen molar-refractivity contribution in [2.45, 2.75) is 44.3 Å². The predicted octanol–water partition coefficient (Wildman–Crippen LogP) is 5.12. The topological polar surface area (TPSA) is 132 Å². The molecular weight excluding hydrogens is 648 g/mol. The van der Waals surface area contributed by atoms with Gasteiger partial charge in [-0.2, -0.15) is 18.2 Å². The first-order valence-corrected chi connectivity index (χ1v) is 16.0. The Balaban J connectivity index is 1.21. The zero-order valence-electron chi connectivity index (χ0n) is 23.7. The minimum absolute atomic E-state index is 0.113. The number of carbonyl (C=O) groups is 2. The lowest BCUT2D eigenvalue weighted by Crippen LogP contribution is -2.42. The molecule has 5 rings (SSSR count). The van der Waals surface area contributed by atoms with Gasteiger partial charge in [-0.3, -0.25) is 9.69 Å². The maximum absolute atomic E-state index is 15.1. The molecule has 2 heterocycles. The SMILES string of the molecule is CS(=O)(=O)N(OC(=O)C(F)(F)F)C(=O)c1cc(C2CC2)c(OCC2CCN(Cc3nc(-c4ccccc4Cl)no3)CC2)cc1F. The van der Waals surface area contributed by atoms with Crippen LogP contribution in [0.1, 0.15) is 53.4 Å². The smallest absolute Gasteiger partial charge is 0.493 e. The molecule has 1 saturated heterocycles. The first-order chi connectivity index (χ1) is 21.2. The van der Waals surface area contributed by atoms with Crippen molar-refractivity contribution in [2.24, 2.45) is 5.92 Å². The second-order valence-electron chi connectivity index (χ2n) is 10.8. The summed E-state index contributed by atoms with van der Waals surface area (Å²) in [6, 6.07) is 9.10. The highest BCUT2D eigenvalue weighted by atomic mass is 35.5. The summed E-state index contributed by atoms with van der Waals surface area (Å²) < 4.78 is 87.8. The highest BCUT2D eigenvalue weighted by Gasteiger charge is 2.46. The predicted molar refractivity (Wildman–Crippen MR) is 150 cm³/mol. The van der Waals surface area contributed by atoms with Gasteiger partial charge in [0.05, 0.1) is 30.0 Å². The number of likely N-dealkylation sites (tertiary alicyclic amines) is 1. The Morgan fingerprint density at radius 3 is 2.44 bits per heavy atom. The fraction of sp³-hybridized carbons (Fsp3) is 0.429. The summed E-state index contributed by atoms with van der Waals surface area (Å²) in [6.07, 6.45) is -2.39. The number of carbonyl (C=O) groups excluding carboxylic acids is 2. The van der Waals surface area contributed by atoms with Crippen molar-refractivity contribution in [3.05, 3.63) is 64.3 Å². The molecule has 2 fully saturated rings. The number of halogens is 5. The van der Waals surface area contributed by atoms with Gasteiger partial charge in [0.1, 0.15) is 11.6 Å². The van der Waals surface area contributed by atoms with Gasteiger partial charge in [-0.05, 0) is 74.4 Å². The van der Waals surface area contributed by atoms with Crippen molar-refractivity contribution in [1.82, 2.24) is 19.5 Å². The Bertz CT molecular complexity index is 1690. The zero-order valence-corrected chi connectivity index (χ0v) is 25.3. The van der Waals surface area contributed by atoms with Crippen LogP contribution in [0.2, 0.25) is 5.02 Å². The normalized spacial score (nSPS) is 16.4. The van der Waals surface area contributed by atoms with Gasteiger partial charge in [-0.25, -0.2) is 17.6 Å². The third-order valence-electron chi connectivity index (χ3n) is 7.33. The van der Waals surface area contributed by atoms with E-state index in [1.54, 1.807) is 18.2 Å². The number of hydrogen-bond donors (Lipinski definition) is 0. The standard InChI is InChI=1S/C28H27ClF4N4O7S/c1-45(40,41)37(44-27(39)28(31,32)33)26(38)20-12-19(17-6-7-17)23(13-22(20)30)42-15-16-8-10-36(11-9-16)14-24-34-25(35-43-24)18-4-2-3-5-21(18)29/h2-5,12-13,16-17H,6-11,14-15H2,1H3. The number of sulfonamides is 1. The van der Waals surface area contributed by atoms with Gasteiger partial charge in [-0.15, -0.1) is 0 Å². The van der Waals surface area contributed by atoms with Gasteiger partial charge in [0.2, 0.25) is 11.7 Å². The maximum Gasteiger partial charge on any atom is 0.493 e. The first-order valence-electron chi connectivity index (χ1n) is 13.8. The Morgan fingerprint density at radius 2 is 1.82 bits per heavy atom. The van der Waals surface area contributed by atoms with Crippen LogP contribution in [-0.2, 0) is 26.2 Å². The van der Waals surface area contributed by atoms with Crippen molar-refractivity contribution < 1.29 is 49.7 Å². The molecule has 2 aromatic carbocycles. The van der Waals surface area contributed by atoms with Crippen molar-refractivity contribution in [1.29, 1.82) is 0 Å². The molecule has 45 heavy (non-hydrogen) atoms. The molecular formula is C28H27ClF4N4O7S. The lowest BCUT2D eigenvalue weighted by molar-refractivity contribution is -0.216. The van der Waals surface area contributed by atoms with E-state index < -0.39 is 43.9 Å². The number of piperidine rings is 1. The number of hydroxylamine groups is 1. The lowest BCUT2D eigenvalue weighted by atomic mass is 9.97. The van der Waals surface area contributed by atoms with E-state index in [4.69, 9.17) is 20.9 Å². The van der Waals surface area contributed by atoms with E-state index in [1.807, 2.05) is 6.07 Å². The molecule has 11 nitrogen and oxygen atoms in total. The van der Waals surface area contributed by atoms with Crippen LogP contribution in [0.25, 0.3) is 11.4 Å². The molecule has 17 heteroatoms. The molecule has 1 aromatic heterocycles. The zero-order chi connectivity index (χ0) is 32.5. The van der Waals surface area contributed by atoms with Crippen LogP contribution in [0, 0.1) is 11.7 Å². The number of hydrogen-bond acceptors (Lipinski definition) is 10. The van der Waals surface area contributed by atoms with Crippen molar-refractivity contribution in [2.75, 3.05) is 26.0 Å². The number of nitrogens with zero attached hydrogens (tertiary/aromatic N) is 4. The van der Waals surface area contributed by atoms with Gasteiger partial charge in [0.15, 0.2) is 0 Å². The van der Waals surface area contributed by atoms with E-state index in [2.05, 4.69) is 19.9 Å². The molecule has 2 aliphatic rings. The summed E-state index contributed by atoms with van der Waals surface area (Å²) in [6.45, 7) is 2.08. The summed E-state index contributed by atoms with van der Waals surface area (Å²) in [5, 5.41) is 4.53. The quantitative estimate of drug-likeness (QED) is 0.223. The maximum atomic E-state index is 15.1. The van der Waals surface area contributed by atoms with Gasteiger partial charge in [0.25, 0.3) is 10.0 Å². The van der Waals surface area contributed by atoms with E-state index in [-0.39, 0.29) is 24.2 Å². The average molecular weight is 675 g/mol. The summed E-state index contributed by atoms with van der Waals surface area (Å²) in [4.78, 5) is 34.5. The molecule has 0 N–H and O–H groups in total. The van der Waals surface area contributed by atoms with Crippen LogP contribution in [0.4, 0.5) is 17.6 Å². The van der Waals surface area contributed by atoms with Crippen LogP contribution in [0.3, 0.4) is 0 Å². The Labute approximate surface area is 260 Å². The number of rotatable bonds is 9. The fourth-order valence-corrected chi connectivity index (χ4v) is 5.66. The number of aromatic nitrogens is 2. The van der Waals surface area contributed by atoms with Crippen LogP contribution in [-0.4, -0.2) is 71.9 Å². The van der Waals surface area contributed by atoms with Crippen molar-refractivity contribution in [3.63, 3.8) is 0 Å². The molecule has 1 saturated carbocycles. The van der Waals surface area contributed by atoms with Gasteiger partial charge in [0, 0.05) is 11.6 Å². The van der Waals surface area contributed by atoms with Gasteiger partial charge < -0.3 is 14.1 Å². The average Bonchev–Trinajstić information content (AvgIpc) is 3.72. The molecule has 0 spiro atoms. The number of amides is 1. The molecule has 0 radical (unpaired) electrons. The molecule has 3 aromatic rings. The minimum Gasteiger partial charge on any atom is -0.493 e. The van der Waals surface area contributed by atoms with Crippen molar-refractivity contribution >= 4 is 33.5 Å². The van der Waals surface area contributed by atoms with E-state index in [0.717, 1.165) is 25.0 Å². The third-order valence-corrected chi connectivity index (χ3v) is 8.51. The third kappa shape index (κ3) is 7.91. The fourth-order valence-electron chi connectivity index (χ4n) is 4.84. The van der Waals surface area contributed by atoms with E-state index in [1.165, 1.54) is 0 Å².